The van der Waals surface area contributed by atoms with Gasteiger partial charge in [0.05, 0.1) is 0 Å². The van der Waals surface area contributed by atoms with Gasteiger partial charge in [-0.2, -0.15) is 0 Å². The molecule has 0 aliphatic carbocycles. The highest BCUT2D eigenvalue weighted by Crippen LogP contribution is 2.37. The monoisotopic (exact) mass is 247 g/mol. The summed E-state index contributed by atoms with van der Waals surface area (Å²) in [4.78, 5) is 2.49. The van der Waals surface area contributed by atoms with E-state index >= 15 is 0 Å². The predicted octanol–water partition coefficient (Wildman–Crippen LogP) is 3.09. The number of aryl methyl sites for hydroxylation is 1. The van der Waals surface area contributed by atoms with E-state index in [2.05, 4.69) is 49.9 Å². The molecule has 0 spiro atoms. The fraction of sp³-hybridized carbons (Fsp3) is 0.625. The third kappa shape index (κ3) is 2.54. The lowest BCUT2D eigenvalue weighted by Crippen LogP contribution is -2.47. The Kier molecular flexibility index (Phi) is 3.96. The van der Waals surface area contributed by atoms with Crippen molar-refractivity contribution >= 4 is 5.69 Å². The summed E-state index contributed by atoms with van der Waals surface area (Å²) in [6.07, 6.45) is 2.16. The number of piperidine rings is 1. The molecular formula is C16H25NO. The molecule has 1 aliphatic heterocycles. The first-order chi connectivity index (χ1) is 8.58. The molecule has 0 saturated carbocycles. The Morgan fingerprint density at radius 3 is 2.67 bits per heavy atom. The molecule has 1 saturated heterocycles. The number of para-hydroxylation sites is 1. The van der Waals surface area contributed by atoms with Gasteiger partial charge in [-0.05, 0) is 35.8 Å². The summed E-state index contributed by atoms with van der Waals surface area (Å²) < 4.78 is 0. The highest BCUT2D eigenvalue weighted by molar-refractivity contribution is 5.54. The van der Waals surface area contributed by atoms with Crippen molar-refractivity contribution in [3.63, 3.8) is 0 Å². The molecule has 0 amide bonds. The summed E-state index contributed by atoms with van der Waals surface area (Å²) in [6, 6.07) is 8.70. The summed E-state index contributed by atoms with van der Waals surface area (Å²) in [7, 11) is 0. The molecule has 2 rings (SSSR count). The SMILES string of the molecule is CCc1ccccc1N1CCC(CO)C(C)(C)C1. The Morgan fingerprint density at radius 2 is 2.06 bits per heavy atom. The zero-order valence-electron chi connectivity index (χ0n) is 11.8. The van der Waals surface area contributed by atoms with Crippen LogP contribution in [0, 0.1) is 11.3 Å². The van der Waals surface area contributed by atoms with Gasteiger partial charge in [0, 0.05) is 25.4 Å². The Morgan fingerprint density at radius 1 is 1.33 bits per heavy atom. The van der Waals surface area contributed by atoms with E-state index in [-0.39, 0.29) is 5.41 Å². The average Bonchev–Trinajstić information content (AvgIpc) is 2.37. The first kappa shape index (κ1) is 13.4. The lowest BCUT2D eigenvalue weighted by molar-refractivity contribution is 0.0972. The Hall–Kier alpha value is -1.02. The maximum atomic E-state index is 9.47. The van der Waals surface area contributed by atoms with Crippen molar-refractivity contribution in [2.24, 2.45) is 11.3 Å². The second-order valence-corrected chi connectivity index (χ2v) is 6.06. The van der Waals surface area contributed by atoms with Crippen LogP contribution in [0.2, 0.25) is 0 Å². The van der Waals surface area contributed by atoms with Crippen LogP contribution in [0.5, 0.6) is 0 Å². The molecule has 1 N–H and O–H groups in total. The van der Waals surface area contributed by atoms with E-state index in [4.69, 9.17) is 0 Å². The Balaban J connectivity index is 2.21. The van der Waals surface area contributed by atoms with Gasteiger partial charge in [-0.1, -0.05) is 39.0 Å². The van der Waals surface area contributed by atoms with Crippen molar-refractivity contribution in [1.82, 2.24) is 0 Å². The van der Waals surface area contributed by atoms with Gasteiger partial charge >= 0.3 is 0 Å². The van der Waals surface area contributed by atoms with E-state index in [1.807, 2.05) is 0 Å². The van der Waals surface area contributed by atoms with Crippen LogP contribution in [-0.2, 0) is 6.42 Å². The van der Waals surface area contributed by atoms with Crippen molar-refractivity contribution in [3.05, 3.63) is 29.8 Å². The summed E-state index contributed by atoms with van der Waals surface area (Å²) in [5.41, 5.74) is 2.99. The summed E-state index contributed by atoms with van der Waals surface area (Å²) in [6.45, 7) is 9.17. The Bertz CT molecular complexity index is 400. The molecule has 1 aromatic carbocycles. The fourth-order valence-electron chi connectivity index (χ4n) is 3.06. The number of hydrogen-bond donors (Lipinski definition) is 1. The molecule has 1 aliphatic rings. The third-order valence-corrected chi connectivity index (χ3v) is 4.38. The smallest absolute Gasteiger partial charge is 0.0465 e. The summed E-state index contributed by atoms with van der Waals surface area (Å²) in [5.74, 6) is 0.433. The topological polar surface area (TPSA) is 23.5 Å². The molecule has 1 fully saturated rings. The van der Waals surface area contributed by atoms with Crippen LogP contribution >= 0.6 is 0 Å². The van der Waals surface area contributed by atoms with Crippen LogP contribution < -0.4 is 4.90 Å². The van der Waals surface area contributed by atoms with Crippen molar-refractivity contribution in [3.8, 4) is 0 Å². The first-order valence-electron chi connectivity index (χ1n) is 7.02. The van der Waals surface area contributed by atoms with Crippen molar-refractivity contribution < 1.29 is 5.11 Å². The molecule has 1 atom stereocenters. The molecule has 2 nitrogen and oxygen atoms in total. The van der Waals surface area contributed by atoms with E-state index in [0.717, 1.165) is 25.9 Å². The number of nitrogens with zero attached hydrogens (tertiary/aromatic N) is 1. The first-order valence-corrected chi connectivity index (χ1v) is 7.02. The maximum Gasteiger partial charge on any atom is 0.0465 e. The van der Waals surface area contributed by atoms with Crippen LogP contribution in [0.3, 0.4) is 0 Å². The molecule has 0 radical (unpaired) electrons. The van der Waals surface area contributed by atoms with Gasteiger partial charge in [0.1, 0.15) is 0 Å². The van der Waals surface area contributed by atoms with E-state index in [1.165, 1.54) is 11.3 Å². The van der Waals surface area contributed by atoms with Gasteiger partial charge in [-0.15, -0.1) is 0 Å². The lowest BCUT2D eigenvalue weighted by atomic mass is 9.74. The molecule has 0 aromatic heterocycles. The zero-order valence-corrected chi connectivity index (χ0v) is 11.8. The molecule has 2 heteroatoms. The van der Waals surface area contributed by atoms with Crippen molar-refractivity contribution in [1.29, 1.82) is 0 Å². The number of benzene rings is 1. The Labute approximate surface area is 111 Å². The molecule has 1 heterocycles. The highest BCUT2D eigenvalue weighted by Gasteiger charge is 2.35. The van der Waals surface area contributed by atoms with Gasteiger partial charge < -0.3 is 10.0 Å². The van der Waals surface area contributed by atoms with Crippen LogP contribution in [0.1, 0.15) is 32.8 Å². The van der Waals surface area contributed by atoms with E-state index in [9.17, 15) is 5.11 Å². The van der Waals surface area contributed by atoms with Crippen LogP contribution in [0.4, 0.5) is 5.69 Å². The van der Waals surface area contributed by atoms with Crippen LogP contribution in [0.15, 0.2) is 24.3 Å². The number of hydrogen-bond acceptors (Lipinski definition) is 2. The van der Waals surface area contributed by atoms with E-state index < -0.39 is 0 Å². The van der Waals surface area contributed by atoms with E-state index in [0.29, 0.717) is 12.5 Å². The maximum absolute atomic E-state index is 9.47. The van der Waals surface area contributed by atoms with Crippen molar-refractivity contribution in [2.45, 2.75) is 33.6 Å². The second kappa shape index (κ2) is 5.31. The number of aliphatic hydroxyl groups excluding tert-OH is 1. The normalized spacial score (nSPS) is 23.1. The molecule has 1 aromatic rings. The predicted molar refractivity (Wildman–Crippen MR) is 77.0 cm³/mol. The molecule has 100 valence electrons. The van der Waals surface area contributed by atoms with Gasteiger partial charge in [0.25, 0.3) is 0 Å². The van der Waals surface area contributed by atoms with Crippen LogP contribution in [-0.4, -0.2) is 24.8 Å². The minimum Gasteiger partial charge on any atom is -0.396 e. The highest BCUT2D eigenvalue weighted by atomic mass is 16.3. The van der Waals surface area contributed by atoms with Gasteiger partial charge in [0.2, 0.25) is 0 Å². The minimum absolute atomic E-state index is 0.188. The lowest BCUT2D eigenvalue weighted by Gasteiger charge is -2.45. The zero-order chi connectivity index (χ0) is 13.2. The number of anilines is 1. The van der Waals surface area contributed by atoms with E-state index in [1.54, 1.807) is 0 Å². The standard InChI is InChI=1S/C16H25NO/c1-4-13-7-5-6-8-15(13)17-10-9-14(11-18)16(2,3)12-17/h5-8,14,18H,4,9-12H2,1-3H3. The summed E-state index contributed by atoms with van der Waals surface area (Å²) >= 11 is 0. The van der Waals surface area contributed by atoms with Crippen molar-refractivity contribution in [2.75, 3.05) is 24.6 Å². The number of rotatable bonds is 3. The third-order valence-electron chi connectivity index (χ3n) is 4.38. The van der Waals surface area contributed by atoms with Gasteiger partial charge in [-0.3, -0.25) is 0 Å². The molecular weight excluding hydrogens is 222 g/mol. The second-order valence-electron chi connectivity index (χ2n) is 6.06. The molecule has 18 heavy (non-hydrogen) atoms. The number of aliphatic hydroxyl groups is 1. The quantitative estimate of drug-likeness (QED) is 0.887. The molecule has 1 unspecified atom stereocenters. The van der Waals surface area contributed by atoms with Gasteiger partial charge in [0.15, 0.2) is 0 Å². The van der Waals surface area contributed by atoms with Crippen LogP contribution in [0.25, 0.3) is 0 Å². The average molecular weight is 247 g/mol. The molecule has 0 bridgehead atoms. The largest absolute Gasteiger partial charge is 0.396 e. The fourth-order valence-corrected chi connectivity index (χ4v) is 3.06. The van der Waals surface area contributed by atoms with Gasteiger partial charge in [-0.25, -0.2) is 0 Å². The summed E-state index contributed by atoms with van der Waals surface area (Å²) in [5, 5.41) is 9.47. The minimum atomic E-state index is 0.188.